The van der Waals surface area contributed by atoms with Crippen LogP contribution in [0, 0.1) is 12.7 Å². The molecule has 0 aliphatic carbocycles. The molecule has 2 N–H and O–H groups in total. The van der Waals surface area contributed by atoms with E-state index in [1.54, 1.807) is 37.6 Å². The number of carbonyl (C=O) groups is 1. The third-order valence-electron chi connectivity index (χ3n) is 6.19. The van der Waals surface area contributed by atoms with E-state index in [0.29, 0.717) is 28.4 Å². The van der Waals surface area contributed by atoms with E-state index in [1.807, 2.05) is 6.92 Å². The monoisotopic (exact) mass is 509 g/mol. The summed E-state index contributed by atoms with van der Waals surface area (Å²) in [5.41, 5.74) is 7.42. The maximum Gasteiger partial charge on any atom is 0.260 e. The summed E-state index contributed by atoms with van der Waals surface area (Å²) in [5, 5.41) is -0.271. The molecular weight excluding hydrogens is 483 g/mol. The summed E-state index contributed by atoms with van der Waals surface area (Å²) in [4.78, 5) is 23.4. The van der Waals surface area contributed by atoms with Gasteiger partial charge in [0.05, 0.1) is 16.8 Å². The lowest BCUT2D eigenvalue weighted by molar-refractivity contribution is -0.0495. The quantitative estimate of drug-likeness (QED) is 0.509. The Hall–Kier alpha value is -3.01. The van der Waals surface area contributed by atoms with E-state index in [4.69, 9.17) is 22.1 Å². The molecule has 35 heavy (non-hydrogen) atoms. The summed E-state index contributed by atoms with van der Waals surface area (Å²) in [6.45, 7) is 6.74. The Balaban J connectivity index is 1.86. The van der Waals surface area contributed by atoms with Crippen LogP contribution < -0.4 is 10.5 Å². The molecule has 1 fully saturated rings. The SMILES string of the molecule is Cc1nc(C(C)c2cc(Cl)c(F)c(C(=O)N3CCC(F)(F)CC3)c2OC(C)C)n2ccnc(N)c12. The summed E-state index contributed by atoms with van der Waals surface area (Å²) in [5.74, 6) is -4.13. The maximum absolute atomic E-state index is 15.4. The number of halogens is 4. The number of piperidine rings is 1. The number of hydrogen-bond donors (Lipinski definition) is 1. The second-order valence-corrected chi connectivity index (χ2v) is 9.50. The van der Waals surface area contributed by atoms with Crippen LogP contribution in [0.2, 0.25) is 5.02 Å². The fourth-order valence-electron chi connectivity index (χ4n) is 4.41. The van der Waals surface area contributed by atoms with Crippen molar-refractivity contribution in [2.24, 2.45) is 0 Å². The zero-order valence-corrected chi connectivity index (χ0v) is 20.7. The van der Waals surface area contributed by atoms with Crippen LogP contribution in [-0.4, -0.2) is 50.3 Å². The number of aryl methyl sites for hydroxylation is 1. The van der Waals surface area contributed by atoms with E-state index in [1.165, 1.54) is 11.0 Å². The molecule has 0 spiro atoms. The van der Waals surface area contributed by atoms with Crippen molar-refractivity contribution in [1.29, 1.82) is 0 Å². The third kappa shape index (κ3) is 4.63. The molecule has 0 radical (unpaired) electrons. The fourth-order valence-corrected chi connectivity index (χ4v) is 4.62. The number of amides is 1. The van der Waals surface area contributed by atoms with Crippen molar-refractivity contribution in [1.82, 2.24) is 19.3 Å². The van der Waals surface area contributed by atoms with Crippen LogP contribution in [0.3, 0.4) is 0 Å². The maximum atomic E-state index is 15.4. The molecule has 7 nitrogen and oxygen atoms in total. The number of hydrogen-bond acceptors (Lipinski definition) is 5. The van der Waals surface area contributed by atoms with Gasteiger partial charge in [0.25, 0.3) is 11.8 Å². The van der Waals surface area contributed by atoms with Crippen molar-refractivity contribution in [3.05, 3.63) is 51.9 Å². The molecular formula is C24H27ClF3N5O2. The van der Waals surface area contributed by atoms with Crippen LogP contribution in [0.1, 0.15) is 67.0 Å². The molecule has 1 atom stereocenters. The molecule has 188 valence electrons. The Morgan fingerprint density at radius 1 is 1.26 bits per heavy atom. The molecule has 2 aromatic heterocycles. The number of nitrogen functional groups attached to an aromatic ring is 1. The lowest BCUT2D eigenvalue weighted by Gasteiger charge is -2.32. The average molecular weight is 510 g/mol. The lowest BCUT2D eigenvalue weighted by atomic mass is 9.95. The van der Waals surface area contributed by atoms with Gasteiger partial charge in [0.15, 0.2) is 5.82 Å². The molecule has 0 bridgehead atoms. The minimum Gasteiger partial charge on any atom is -0.490 e. The molecule has 1 saturated heterocycles. The Kier molecular flexibility index (Phi) is 6.61. The van der Waals surface area contributed by atoms with E-state index < -0.39 is 42.5 Å². The predicted molar refractivity (Wildman–Crippen MR) is 127 cm³/mol. The van der Waals surface area contributed by atoms with Gasteiger partial charge in [-0.25, -0.2) is 23.1 Å². The molecule has 1 aliphatic heterocycles. The molecule has 4 rings (SSSR count). The highest BCUT2D eigenvalue weighted by molar-refractivity contribution is 6.31. The molecule has 3 heterocycles. The van der Waals surface area contributed by atoms with Gasteiger partial charge in [0.1, 0.15) is 28.5 Å². The van der Waals surface area contributed by atoms with Crippen molar-refractivity contribution in [3.63, 3.8) is 0 Å². The Morgan fingerprint density at radius 3 is 2.54 bits per heavy atom. The topological polar surface area (TPSA) is 85.8 Å². The number of likely N-dealkylation sites (tertiary alicyclic amines) is 1. The Labute approximate surface area is 206 Å². The van der Waals surface area contributed by atoms with Crippen LogP contribution in [0.25, 0.3) is 5.52 Å². The Morgan fingerprint density at radius 2 is 1.91 bits per heavy atom. The number of nitrogens with two attached hydrogens (primary N) is 1. The number of fused-ring (bicyclic) bond motifs is 1. The van der Waals surface area contributed by atoms with Gasteiger partial charge in [-0.05, 0) is 26.8 Å². The highest BCUT2D eigenvalue weighted by atomic mass is 35.5. The van der Waals surface area contributed by atoms with Crippen molar-refractivity contribution >= 4 is 28.8 Å². The summed E-state index contributed by atoms with van der Waals surface area (Å²) in [6, 6.07) is 1.42. The zero-order chi connectivity index (χ0) is 25.7. The van der Waals surface area contributed by atoms with Gasteiger partial charge in [-0.15, -0.1) is 0 Å². The number of aromatic nitrogens is 3. The smallest absolute Gasteiger partial charge is 0.260 e. The van der Waals surface area contributed by atoms with Crippen molar-refractivity contribution in [2.45, 2.75) is 58.5 Å². The summed E-state index contributed by atoms with van der Waals surface area (Å²) in [7, 11) is 0. The van der Waals surface area contributed by atoms with E-state index >= 15 is 4.39 Å². The number of anilines is 1. The van der Waals surface area contributed by atoms with E-state index in [-0.39, 0.29) is 29.4 Å². The minimum atomic E-state index is -2.85. The molecule has 1 unspecified atom stereocenters. The first kappa shape index (κ1) is 25.1. The first-order valence-electron chi connectivity index (χ1n) is 11.4. The van der Waals surface area contributed by atoms with Gasteiger partial charge in [-0.3, -0.25) is 9.20 Å². The third-order valence-corrected chi connectivity index (χ3v) is 6.46. The second-order valence-electron chi connectivity index (χ2n) is 9.09. The molecule has 11 heteroatoms. The number of ether oxygens (including phenoxy) is 1. The molecule has 1 amide bonds. The molecule has 3 aromatic rings. The number of carbonyl (C=O) groups excluding carboxylic acids is 1. The normalized spacial score (nSPS) is 16.7. The Bertz CT molecular complexity index is 1280. The molecule has 1 aromatic carbocycles. The summed E-state index contributed by atoms with van der Waals surface area (Å²) in [6.07, 6.45) is 1.88. The number of alkyl halides is 2. The van der Waals surface area contributed by atoms with E-state index in [2.05, 4.69) is 9.97 Å². The predicted octanol–water partition coefficient (Wildman–Crippen LogP) is 5.22. The van der Waals surface area contributed by atoms with Gasteiger partial charge in [-0.2, -0.15) is 0 Å². The summed E-state index contributed by atoms with van der Waals surface area (Å²) >= 11 is 6.26. The summed E-state index contributed by atoms with van der Waals surface area (Å²) < 4.78 is 50.5. The van der Waals surface area contributed by atoms with Crippen molar-refractivity contribution in [3.8, 4) is 5.75 Å². The minimum absolute atomic E-state index is 0.0214. The van der Waals surface area contributed by atoms with Gasteiger partial charge >= 0.3 is 0 Å². The van der Waals surface area contributed by atoms with Crippen LogP contribution in [0.15, 0.2) is 18.5 Å². The van der Waals surface area contributed by atoms with Crippen LogP contribution in [0.5, 0.6) is 5.75 Å². The number of nitrogens with zero attached hydrogens (tertiary/aromatic N) is 4. The molecule has 1 aliphatic rings. The van der Waals surface area contributed by atoms with Crippen LogP contribution >= 0.6 is 11.6 Å². The van der Waals surface area contributed by atoms with Gasteiger partial charge in [0, 0.05) is 49.8 Å². The van der Waals surface area contributed by atoms with Crippen LogP contribution in [-0.2, 0) is 0 Å². The highest BCUT2D eigenvalue weighted by Gasteiger charge is 2.38. The number of benzene rings is 1. The second kappa shape index (κ2) is 9.22. The molecule has 0 saturated carbocycles. The standard InChI is InChI=1S/C24H27ClF3N5O2/c1-12(2)35-20-15(13(3)22-31-14(4)19-21(29)30-7-10-33(19)22)11-16(25)18(26)17(20)23(34)32-8-5-24(27,28)6-9-32/h7,10-13H,5-6,8-9H2,1-4H3,(H2,29,30). The van der Waals surface area contributed by atoms with E-state index in [0.717, 1.165) is 0 Å². The van der Waals surface area contributed by atoms with E-state index in [9.17, 15) is 13.6 Å². The first-order chi connectivity index (χ1) is 16.4. The van der Waals surface area contributed by atoms with Gasteiger partial charge in [-0.1, -0.05) is 18.5 Å². The van der Waals surface area contributed by atoms with Crippen LogP contribution in [0.4, 0.5) is 19.0 Å². The van der Waals surface area contributed by atoms with Crippen molar-refractivity contribution in [2.75, 3.05) is 18.8 Å². The largest absolute Gasteiger partial charge is 0.490 e. The lowest BCUT2D eigenvalue weighted by Crippen LogP contribution is -2.43. The average Bonchev–Trinajstić information content (AvgIpc) is 3.13. The first-order valence-corrected chi connectivity index (χ1v) is 11.7. The fraction of sp³-hybridized carbons (Fsp3) is 0.458. The van der Waals surface area contributed by atoms with Gasteiger partial charge in [0.2, 0.25) is 0 Å². The van der Waals surface area contributed by atoms with Crippen molar-refractivity contribution < 1.29 is 22.7 Å². The zero-order valence-electron chi connectivity index (χ0n) is 19.9. The van der Waals surface area contributed by atoms with Gasteiger partial charge < -0.3 is 15.4 Å². The highest BCUT2D eigenvalue weighted by Crippen LogP contribution is 2.41. The number of imidazole rings is 1. The number of rotatable bonds is 5.